The summed E-state index contributed by atoms with van der Waals surface area (Å²) in [6.45, 7) is 5.31. The highest BCUT2D eigenvalue weighted by Crippen LogP contribution is 2.22. The molecule has 4 nitrogen and oxygen atoms in total. The summed E-state index contributed by atoms with van der Waals surface area (Å²) < 4.78 is 4.93. The molecule has 1 aliphatic rings. The van der Waals surface area contributed by atoms with Gasteiger partial charge in [0, 0.05) is 17.5 Å². The lowest BCUT2D eigenvalue weighted by atomic mass is 9.98. The van der Waals surface area contributed by atoms with Crippen molar-refractivity contribution in [1.82, 2.24) is 0 Å². The lowest BCUT2D eigenvalue weighted by Crippen LogP contribution is -2.32. The Morgan fingerprint density at radius 2 is 1.94 bits per heavy atom. The van der Waals surface area contributed by atoms with Crippen LogP contribution in [0.25, 0.3) is 0 Å². The molecule has 0 amide bonds. The molecule has 1 atom stereocenters. The summed E-state index contributed by atoms with van der Waals surface area (Å²) in [6, 6.07) is 9.22. The molecule has 18 heavy (non-hydrogen) atoms. The minimum absolute atomic E-state index is 0.308. The lowest BCUT2D eigenvalue weighted by molar-refractivity contribution is -0.147. The molecule has 0 aliphatic carbocycles. The molecule has 1 aromatic carbocycles. The van der Waals surface area contributed by atoms with Gasteiger partial charge in [-0.05, 0) is 19.1 Å². The third-order valence-electron chi connectivity index (χ3n) is 2.55. The number of hydrogen-bond acceptors (Lipinski definition) is 4. The van der Waals surface area contributed by atoms with Crippen molar-refractivity contribution >= 4 is 17.4 Å². The second kappa shape index (κ2) is 4.87. The fraction of sp³-hybridized carbons (Fsp3) is 0.143. The van der Waals surface area contributed by atoms with E-state index < -0.39 is 11.9 Å². The van der Waals surface area contributed by atoms with E-state index in [4.69, 9.17) is 4.74 Å². The number of hydrogen-bond donors (Lipinski definition) is 1. The average Bonchev–Trinajstić information content (AvgIpc) is 2.28. The van der Waals surface area contributed by atoms with Crippen molar-refractivity contribution in [1.29, 1.82) is 0 Å². The van der Waals surface area contributed by atoms with Crippen LogP contribution in [-0.4, -0.2) is 11.8 Å². The largest absolute Gasteiger partial charge is 0.430 e. The van der Waals surface area contributed by atoms with Crippen molar-refractivity contribution in [2.75, 3.05) is 5.32 Å². The first-order chi connectivity index (χ1) is 8.58. The predicted molar refractivity (Wildman–Crippen MR) is 67.6 cm³/mol. The van der Waals surface area contributed by atoms with Crippen LogP contribution in [0.5, 0.6) is 0 Å². The number of rotatable bonds is 3. The van der Waals surface area contributed by atoms with Gasteiger partial charge in [0.15, 0.2) is 11.7 Å². The molecule has 0 radical (unpaired) electrons. The number of esters is 1. The summed E-state index contributed by atoms with van der Waals surface area (Å²) in [5, 5.41) is 2.94. The highest BCUT2D eigenvalue weighted by molar-refractivity contribution is 6.10. The SMILES string of the molecule is C=C(Nc1ccccc1)[C@@H]1C(=O)C=C(C)OC1=O. The van der Waals surface area contributed by atoms with Crippen LogP contribution in [0.15, 0.2) is 54.4 Å². The zero-order valence-corrected chi connectivity index (χ0v) is 9.97. The predicted octanol–water partition coefficient (Wildman–Crippen LogP) is 2.26. The Morgan fingerprint density at radius 1 is 1.28 bits per heavy atom. The molecule has 0 bridgehead atoms. The number of para-hydroxylation sites is 1. The van der Waals surface area contributed by atoms with Crippen LogP contribution in [0.2, 0.25) is 0 Å². The number of anilines is 1. The molecule has 0 unspecified atom stereocenters. The molecule has 4 heteroatoms. The van der Waals surface area contributed by atoms with Crippen molar-refractivity contribution in [3.05, 3.63) is 54.4 Å². The van der Waals surface area contributed by atoms with E-state index >= 15 is 0 Å². The number of carbonyl (C=O) groups is 2. The van der Waals surface area contributed by atoms with Crippen LogP contribution < -0.4 is 5.32 Å². The van der Waals surface area contributed by atoms with E-state index in [2.05, 4.69) is 11.9 Å². The van der Waals surface area contributed by atoms with Crippen LogP contribution in [0.3, 0.4) is 0 Å². The van der Waals surface area contributed by atoms with Gasteiger partial charge in [-0.2, -0.15) is 0 Å². The maximum atomic E-state index is 11.8. The molecular formula is C14H13NO3. The van der Waals surface area contributed by atoms with Crippen LogP contribution in [-0.2, 0) is 14.3 Å². The van der Waals surface area contributed by atoms with E-state index in [1.165, 1.54) is 6.08 Å². The molecule has 0 saturated carbocycles. The van der Waals surface area contributed by atoms with Gasteiger partial charge in [0.05, 0.1) is 0 Å². The molecule has 2 rings (SSSR count). The standard InChI is InChI=1S/C14H13NO3/c1-9-8-12(16)13(14(17)18-9)10(2)15-11-6-4-3-5-7-11/h3-8,13,15H,2H2,1H3/t13-/m1/s1. The van der Waals surface area contributed by atoms with Crippen LogP contribution in [0.1, 0.15) is 6.92 Å². The van der Waals surface area contributed by atoms with Crippen LogP contribution in [0, 0.1) is 5.92 Å². The Labute approximate surface area is 105 Å². The van der Waals surface area contributed by atoms with Gasteiger partial charge < -0.3 is 10.1 Å². The zero-order chi connectivity index (χ0) is 13.1. The molecule has 0 aromatic heterocycles. The summed E-state index contributed by atoms with van der Waals surface area (Å²) in [7, 11) is 0. The molecule has 1 heterocycles. The second-order valence-corrected chi connectivity index (χ2v) is 4.03. The first-order valence-electron chi connectivity index (χ1n) is 5.52. The van der Waals surface area contributed by atoms with Gasteiger partial charge in [0.25, 0.3) is 0 Å². The maximum Gasteiger partial charge on any atom is 0.327 e. The van der Waals surface area contributed by atoms with Crippen molar-refractivity contribution < 1.29 is 14.3 Å². The van der Waals surface area contributed by atoms with Crippen molar-refractivity contribution in [2.45, 2.75) is 6.92 Å². The first-order valence-corrected chi connectivity index (χ1v) is 5.52. The number of ketones is 1. The summed E-state index contributed by atoms with van der Waals surface area (Å²) in [5.74, 6) is -1.56. The van der Waals surface area contributed by atoms with Gasteiger partial charge in [0.1, 0.15) is 5.76 Å². The number of carbonyl (C=O) groups excluding carboxylic acids is 2. The highest BCUT2D eigenvalue weighted by Gasteiger charge is 2.33. The Morgan fingerprint density at radius 3 is 2.56 bits per heavy atom. The van der Waals surface area contributed by atoms with Crippen LogP contribution >= 0.6 is 0 Å². The normalized spacial score (nSPS) is 18.9. The number of nitrogens with one attached hydrogen (secondary N) is 1. The summed E-state index contributed by atoms with van der Waals surface area (Å²) >= 11 is 0. The Bertz CT molecular complexity index is 531. The minimum Gasteiger partial charge on any atom is -0.430 e. The van der Waals surface area contributed by atoms with Gasteiger partial charge in [-0.25, -0.2) is 0 Å². The summed E-state index contributed by atoms with van der Waals surface area (Å²) in [5.41, 5.74) is 1.09. The molecule has 0 fully saturated rings. The fourth-order valence-electron chi connectivity index (χ4n) is 1.74. The lowest BCUT2D eigenvalue weighted by Gasteiger charge is -2.21. The van der Waals surface area contributed by atoms with E-state index in [1.54, 1.807) is 6.92 Å². The van der Waals surface area contributed by atoms with Gasteiger partial charge in [-0.15, -0.1) is 0 Å². The smallest absolute Gasteiger partial charge is 0.327 e. The quantitative estimate of drug-likeness (QED) is 0.653. The number of allylic oxidation sites excluding steroid dienone is 2. The monoisotopic (exact) mass is 243 g/mol. The molecule has 1 aromatic rings. The number of benzene rings is 1. The fourth-order valence-corrected chi connectivity index (χ4v) is 1.74. The Balaban J connectivity index is 2.15. The number of ether oxygens (including phenoxy) is 1. The average molecular weight is 243 g/mol. The summed E-state index contributed by atoms with van der Waals surface area (Å²) in [6.07, 6.45) is 1.31. The second-order valence-electron chi connectivity index (χ2n) is 4.03. The molecule has 1 N–H and O–H groups in total. The maximum absolute atomic E-state index is 11.8. The zero-order valence-electron chi connectivity index (χ0n) is 9.97. The van der Waals surface area contributed by atoms with E-state index in [-0.39, 0.29) is 5.78 Å². The molecule has 1 aliphatic heterocycles. The number of cyclic esters (lactones) is 1. The van der Waals surface area contributed by atoms with Gasteiger partial charge in [-0.3, -0.25) is 9.59 Å². The summed E-state index contributed by atoms with van der Waals surface area (Å²) in [4.78, 5) is 23.4. The van der Waals surface area contributed by atoms with E-state index in [1.807, 2.05) is 30.3 Å². The molecular weight excluding hydrogens is 230 g/mol. The third-order valence-corrected chi connectivity index (χ3v) is 2.55. The third kappa shape index (κ3) is 2.48. The first kappa shape index (κ1) is 12.1. The minimum atomic E-state index is -0.978. The highest BCUT2D eigenvalue weighted by atomic mass is 16.5. The van der Waals surface area contributed by atoms with Crippen molar-refractivity contribution in [3.8, 4) is 0 Å². The van der Waals surface area contributed by atoms with E-state index in [0.717, 1.165) is 5.69 Å². The molecule has 92 valence electrons. The topological polar surface area (TPSA) is 55.4 Å². The Hall–Kier alpha value is -2.36. The van der Waals surface area contributed by atoms with Crippen molar-refractivity contribution in [3.63, 3.8) is 0 Å². The van der Waals surface area contributed by atoms with E-state index in [9.17, 15) is 9.59 Å². The van der Waals surface area contributed by atoms with Gasteiger partial charge in [-0.1, -0.05) is 24.8 Å². The van der Waals surface area contributed by atoms with Gasteiger partial charge >= 0.3 is 5.97 Å². The molecule has 0 saturated heterocycles. The van der Waals surface area contributed by atoms with E-state index in [0.29, 0.717) is 11.5 Å². The van der Waals surface area contributed by atoms with Crippen molar-refractivity contribution in [2.24, 2.45) is 5.92 Å². The van der Waals surface area contributed by atoms with Gasteiger partial charge in [0.2, 0.25) is 0 Å². The Kier molecular flexibility index (Phi) is 3.28. The molecule has 0 spiro atoms. The van der Waals surface area contributed by atoms with Crippen LogP contribution in [0.4, 0.5) is 5.69 Å².